The first-order chi connectivity index (χ1) is 10.4. The predicted molar refractivity (Wildman–Crippen MR) is 83.0 cm³/mol. The molecule has 6 atom stereocenters. The molecule has 3 nitrogen and oxygen atoms in total. The summed E-state index contributed by atoms with van der Waals surface area (Å²) in [4.78, 5) is 24.1. The summed E-state index contributed by atoms with van der Waals surface area (Å²) in [6.45, 7) is 4.24. The average Bonchev–Trinajstić information content (AvgIpc) is 2.75. The van der Waals surface area contributed by atoms with Crippen LogP contribution in [0, 0.1) is 28.6 Å². The second-order valence-electron chi connectivity index (χ2n) is 8.17. The van der Waals surface area contributed by atoms with E-state index in [0.29, 0.717) is 30.5 Å². The summed E-state index contributed by atoms with van der Waals surface area (Å²) in [5.41, 5.74) is 0.628. The van der Waals surface area contributed by atoms with Crippen LogP contribution in [0.3, 0.4) is 0 Å². The highest BCUT2D eigenvalue weighted by Crippen LogP contribution is 2.63. The smallest absolute Gasteiger partial charge is 0.178 e. The van der Waals surface area contributed by atoms with Crippen LogP contribution in [0.15, 0.2) is 23.8 Å². The quantitative estimate of drug-likeness (QED) is 0.748. The van der Waals surface area contributed by atoms with E-state index in [1.165, 1.54) is 5.57 Å². The van der Waals surface area contributed by atoms with Crippen molar-refractivity contribution in [1.29, 1.82) is 0 Å². The summed E-state index contributed by atoms with van der Waals surface area (Å²) >= 11 is 0. The number of allylic oxidation sites excluding steroid dienone is 4. The summed E-state index contributed by atoms with van der Waals surface area (Å²) in [7, 11) is 0. The molecular formula is C19H24O3. The normalized spacial score (nSPS) is 50.2. The van der Waals surface area contributed by atoms with E-state index >= 15 is 0 Å². The van der Waals surface area contributed by atoms with Crippen molar-refractivity contribution in [2.75, 3.05) is 0 Å². The highest BCUT2D eigenvalue weighted by molar-refractivity contribution is 6.01. The van der Waals surface area contributed by atoms with Crippen LogP contribution < -0.4 is 0 Å². The zero-order valence-corrected chi connectivity index (χ0v) is 13.3. The van der Waals surface area contributed by atoms with Crippen LogP contribution in [0.1, 0.15) is 46.0 Å². The number of carbonyl (C=O) groups is 2. The fraction of sp³-hybridized carbons (Fsp3) is 0.684. The first kappa shape index (κ1) is 14.4. The zero-order chi connectivity index (χ0) is 15.7. The van der Waals surface area contributed by atoms with Gasteiger partial charge >= 0.3 is 0 Å². The number of rotatable bonds is 0. The van der Waals surface area contributed by atoms with Gasteiger partial charge in [0.25, 0.3) is 0 Å². The van der Waals surface area contributed by atoms with Gasteiger partial charge < -0.3 is 5.11 Å². The van der Waals surface area contributed by atoms with Gasteiger partial charge in [-0.25, -0.2) is 0 Å². The average molecular weight is 300 g/mol. The van der Waals surface area contributed by atoms with E-state index < -0.39 is 6.10 Å². The van der Waals surface area contributed by atoms with E-state index in [-0.39, 0.29) is 22.5 Å². The molecule has 0 saturated heterocycles. The van der Waals surface area contributed by atoms with Crippen molar-refractivity contribution in [2.45, 2.75) is 52.1 Å². The number of aliphatic hydroxyl groups is 1. The van der Waals surface area contributed by atoms with Gasteiger partial charge in [-0.1, -0.05) is 25.5 Å². The molecule has 3 saturated carbocycles. The Labute approximate surface area is 131 Å². The Hall–Kier alpha value is -1.22. The Morgan fingerprint density at radius 1 is 1.18 bits per heavy atom. The van der Waals surface area contributed by atoms with Gasteiger partial charge in [0.2, 0.25) is 0 Å². The van der Waals surface area contributed by atoms with Crippen LogP contribution in [0.5, 0.6) is 0 Å². The Bertz CT molecular complexity index is 616. The molecular weight excluding hydrogens is 276 g/mol. The van der Waals surface area contributed by atoms with E-state index in [2.05, 4.69) is 13.8 Å². The monoisotopic (exact) mass is 300 g/mol. The second-order valence-corrected chi connectivity index (χ2v) is 8.17. The summed E-state index contributed by atoms with van der Waals surface area (Å²) in [5.74, 6) is 1.34. The molecule has 0 aromatic carbocycles. The van der Waals surface area contributed by atoms with Crippen molar-refractivity contribution < 1.29 is 14.7 Å². The minimum atomic E-state index is -0.458. The SMILES string of the molecule is C[C@]12C=CC(=O)C=C1CC[C@H]1[C@H]2[C@@H](O)C[C@@]2(C)C(=O)CC[C@H]12. The van der Waals surface area contributed by atoms with E-state index in [4.69, 9.17) is 0 Å². The Balaban J connectivity index is 1.77. The maximum atomic E-state index is 12.4. The number of fused-ring (bicyclic) bond motifs is 5. The van der Waals surface area contributed by atoms with Crippen molar-refractivity contribution in [3.63, 3.8) is 0 Å². The van der Waals surface area contributed by atoms with Crippen LogP contribution in [0.4, 0.5) is 0 Å². The van der Waals surface area contributed by atoms with E-state index in [9.17, 15) is 14.7 Å². The number of carbonyl (C=O) groups excluding carboxylic acids is 2. The molecule has 0 bridgehead atoms. The van der Waals surface area contributed by atoms with Gasteiger partial charge in [0.05, 0.1) is 6.10 Å². The van der Waals surface area contributed by atoms with E-state index in [1.54, 1.807) is 12.2 Å². The number of aliphatic hydroxyl groups excluding tert-OH is 1. The van der Waals surface area contributed by atoms with Gasteiger partial charge in [-0.3, -0.25) is 9.59 Å². The van der Waals surface area contributed by atoms with Crippen molar-refractivity contribution in [3.8, 4) is 0 Å². The van der Waals surface area contributed by atoms with E-state index in [0.717, 1.165) is 19.3 Å². The molecule has 0 spiro atoms. The Morgan fingerprint density at radius 2 is 1.95 bits per heavy atom. The van der Waals surface area contributed by atoms with Gasteiger partial charge in [0.1, 0.15) is 5.78 Å². The molecule has 0 aromatic rings. The first-order valence-electron chi connectivity index (χ1n) is 8.52. The van der Waals surface area contributed by atoms with Crippen LogP contribution in [0.2, 0.25) is 0 Å². The van der Waals surface area contributed by atoms with Crippen LogP contribution >= 0.6 is 0 Å². The maximum absolute atomic E-state index is 12.4. The van der Waals surface area contributed by atoms with Crippen LogP contribution in [-0.2, 0) is 9.59 Å². The third-order valence-corrected chi connectivity index (χ3v) is 7.21. The fourth-order valence-electron chi connectivity index (χ4n) is 6.10. The molecule has 4 rings (SSSR count). The molecule has 22 heavy (non-hydrogen) atoms. The third-order valence-electron chi connectivity index (χ3n) is 7.21. The van der Waals surface area contributed by atoms with Crippen molar-refractivity contribution >= 4 is 11.6 Å². The summed E-state index contributed by atoms with van der Waals surface area (Å²) in [6.07, 6.45) is 9.14. The van der Waals surface area contributed by atoms with Gasteiger partial charge in [-0.15, -0.1) is 0 Å². The van der Waals surface area contributed by atoms with Gasteiger partial charge in [-0.2, -0.15) is 0 Å². The molecule has 3 fully saturated rings. The van der Waals surface area contributed by atoms with Crippen molar-refractivity contribution in [3.05, 3.63) is 23.8 Å². The molecule has 0 amide bonds. The molecule has 4 aliphatic carbocycles. The second kappa shape index (κ2) is 4.41. The third kappa shape index (κ3) is 1.66. The highest BCUT2D eigenvalue weighted by atomic mass is 16.3. The number of hydrogen-bond acceptors (Lipinski definition) is 3. The van der Waals surface area contributed by atoms with Gasteiger partial charge in [-0.05, 0) is 49.7 Å². The number of ketones is 2. The van der Waals surface area contributed by atoms with Crippen molar-refractivity contribution in [1.82, 2.24) is 0 Å². The Morgan fingerprint density at radius 3 is 2.73 bits per heavy atom. The Kier molecular flexibility index (Phi) is 2.88. The van der Waals surface area contributed by atoms with Gasteiger partial charge in [0.15, 0.2) is 5.78 Å². The zero-order valence-electron chi connectivity index (χ0n) is 13.3. The van der Waals surface area contributed by atoms with Crippen LogP contribution in [-0.4, -0.2) is 22.8 Å². The minimum Gasteiger partial charge on any atom is -0.393 e. The lowest BCUT2D eigenvalue weighted by Crippen LogP contribution is -2.55. The molecule has 118 valence electrons. The van der Waals surface area contributed by atoms with E-state index in [1.807, 2.05) is 6.08 Å². The number of Topliss-reactive ketones (excluding diaryl/α,β-unsaturated/α-hetero) is 1. The molecule has 3 heteroatoms. The molecule has 1 N–H and O–H groups in total. The number of hydrogen-bond donors (Lipinski definition) is 1. The lowest BCUT2D eigenvalue weighted by Gasteiger charge is -2.57. The topological polar surface area (TPSA) is 54.4 Å². The highest BCUT2D eigenvalue weighted by Gasteiger charge is 2.61. The molecule has 0 unspecified atom stereocenters. The predicted octanol–water partition coefficient (Wildman–Crippen LogP) is 2.83. The van der Waals surface area contributed by atoms with Crippen molar-refractivity contribution in [2.24, 2.45) is 28.6 Å². The molecule has 0 heterocycles. The summed E-state index contributed by atoms with van der Waals surface area (Å²) < 4.78 is 0. The lowest BCUT2D eigenvalue weighted by molar-refractivity contribution is -0.142. The first-order valence-corrected chi connectivity index (χ1v) is 8.52. The maximum Gasteiger partial charge on any atom is 0.178 e. The van der Waals surface area contributed by atoms with Crippen LogP contribution in [0.25, 0.3) is 0 Å². The summed E-state index contributed by atoms with van der Waals surface area (Å²) in [6, 6.07) is 0. The lowest BCUT2D eigenvalue weighted by atomic mass is 9.47. The molecule has 4 aliphatic rings. The standard InChI is InChI=1S/C19H24O3/c1-18-8-7-12(20)9-11(18)3-4-13-14-5-6-16(22)19(14,2)10-15(21)17(13)18/h7-9,13-15,17,21H,3-6,10H2,1-2H3/t13-,14-,15+,17+,18+,19-/m1/s1. The fourth-order valence-corrected chi connectivity index (χ4v) is 6.10. The largest absolute Gasteiger partial charge is 0.393 e. The molecule has 0 aromatic heterocycles. The molecule has 0 aliphatic heterocycles. The summed E-state index contributed by atoms with van der Waals surface area (Å²) in [5, 5.41) is 10.9. The minimum absolute atomic E-state index is 0.0668. The molecule has 0 radical (unpaired) electrons. The van der Waals surface area contributed by atoms with Gasteiger partial charge in [0, 0.05) is 23.2 Å².